The number of H-pyrrole nitrogens is 1. The minimum absolute atomic E-state index is 0.111. The van der Waals surface area contributed by atoms with Crippen LogP contribution in [0.4, 0.5) is 5.82 Å². The molecule has 4 heterocycles. The summed E-state index contributed by atoms with van der Waals surface area (Å²) in [4.78, 5) is 22.6. The normalized spacial score (nSPS) is 12.2. The van der Waals surface area contributed by atoms with Crippen molar-refractivity contribution in [2.24, 2.45) is 0 Å². The molecule has 36 heavy (non-hydrogen) atoms. The summed E-state index contributed by atoms with van der Waals surface area (Å²) < 4.78 is 3.46. The Morgan fingerprint density at radius 2 is 2.08 bits per heavy atom. The van der Waals surface area contributed by atoms with E-state index < -0.39 is 0 Å². The van der Waals surface area contributed by atoms with Gasteiger partial charge in [-0.3, -0.25) is 14.5 Å². The minimum Gasteiger partial charge on any atom is -0.383 e. The highest BCUT2D eigenvalue weighted by atomic mass is 16.1. The molecule has 0 bridgehead atoms. The summed E-state index contributed by atoms with van der Waals surface area (Å²) in [5, 5.41) is 13.8. The summed E-state index contributed by atoms with van der Waals surface area (Å²) >= 11 is 0. The van der Waals surface area contributed by atoms with Crippen molar-refractivity contribution in [3.05, 3.63) is 95.0 Å². The average molecular weight is 479 g/mol. The predicted molar refractivity (Wildman–Crippen MR) is 143 cm³/mol. The number of pyridine rings is 1. The molecule has 0 fully saturated rings. The Morgan fingerprint density at radius 3 is 2.81 bits per heavy atom. The summed E-state index contributed by atoms with van der Waals surface area (Å²) in [6.07, 6.45) is 10.5. The maximum atomic E-state index is 13.9. The van der Waals surface area contributed by atoms with Gasteiger partial charge < -0.3 is 5.73 Å². The average Bonchev–Trinajstić information content (AvgIpc) is 3.50. The molecule has 0 aliphatic heterocycles. The molecule has 3 N–H and O–H groups in total. The molecule has 0 radical (unpaired) electrons. The van der Waals surface area contributed by atoms with E-state index in [4.69, 9.17) is 10.8 Å². The molecule has 1 aromatic carbocycles. The Morgan fingerprint density at radius 1 is 1.25 bits per heavy atom. The number of hydrogen-bond acceptors (Lipinski definition) is 6. The van der Waals surface area contributed by atoms with Crippen LogP contribution >= 0.6 is 0 Å². The second-order valence-electron chi connectivity index (χ2n) is 8.62. The smallest absolute Gasteiger partial charge is 0.263 e. The van der Waals surface area contributed by atoms with Crippen LogP contribution in [0.15, 0.2) is 78.2 Å². The predicted octanol–water partition coefficient (Wildman–Crippen LogP) is 4.46. The first kappa shape index (κ1) is 23.0. The highest BCUT2D eigenvalue weighted by molar-refractivity contribution is 5.98. The Kier molecular flexibility index (Phi) is 5.81. The summed E-state index contributed by atoms with van der Waals surface area (Å²) in [7, 11) is 0. The van der Waals surface area contributed by atoms with Gasteiger partial charge in [0.05, 0.1) is 29.2 Å². The molecule has 0 atom stereocenters. The van der Waals surface area contributed by atoms with Gasteiger partial charge in [0.1, 0.15) is 17.8 Å². The van der Waals surface area contributed by atoms with E-state index in [0.717, 1.165) is 27.8 Å². The number of hydrogen-bond donors (Lipinski definition) is 2. The second kappa shape index (κ2) is 9.10. The fourth-order valence-electron chi connectivity index (χ4n) is 4.44. The minimum atomic E-state index is -0.111. The number of nitrogens with two attached hydrogens (primary N) is 1. The van der Waals surface area contributed by atoms with Crippen molar-refractivity contribution in [3.8, 4) is 11.3 Å². The molecule has 4 aromatic heterocycles. The summed E-state index contributed by atoms with van der Waals surface area (Å²) in [5.41, 5.74) is 11.2. The topological polar surface area (TPSA) is 120 Å². The van der Waals surface area contributed by atoms with Crippen molar-refractivity contribution >= 4 is 33.3 Å². The van der Waals surface area contributed by atoms with Crippen LogP contribution in [-0.4, -0.2) is 34.5 Å². The second-order valence-corrected chi connectivity index (χ2v) is 8.62. The van der Waals surface area contributed by atoms with E-state index in [0.29, 0.717) is 33.6 Å². The molecule has 0 saturated carbocycles. The molecule has 9 heteroatoms. The first-order chi connectivity index (χ1) is 17.4. The number of benzene rings is 1. The highest BCUT2D eigenvalue weighted by Gasteiger charge is 2.20. The van der Waals surface area contributed by atoms with Crippen molar-refractivity contribution in [2.75, 3.05) is 5.73 Å². The number of nitrogens with one attached hydrogen (secondary N) is 1. The van der Waals surface area contributed by atoms with E-state index in [1.165, 1.54) is 6.33 Å². The van der Waals surface area contributed by atoms with Gasteiger partial charge in [0.2, 0.25) is 0 Å². The van der Waals surface area contributed by atoms with E-state index in [1.54, 1.807) is 21.6 Å². The molecule has 5 rings (SSSR count). The third-order valence-electron chi connectivity index (χ3n) is 6.10. The number of nitrogens with zero attached hydrogens (tertiary/aromatic N) is 6. The number of nitrogen functional groups attached to an aromatic ring is 1. The zero-order valence-electron chi connectivity index (χ0n) is 20.4. The number of anilines is 1. The van der Waals surface area contributed by atoms with E-state index in [1.807, 2.05) is 63.3 Å². The molecule has 0 spiro atoms. The summed E-state index contributed by atoms with van der Waals surface area (Å²) in [6, 6.07) is 7.87. The van der Waals surface area contributed by atoms with Crippen LogP contribution < -0.4 is 11.3 Å². The summed E-state index contributed by atoms with van der Waals surface area (Å²) in [5.74, 6) is 0.324. The van der Waals surface area contributed by atoms with Gasteiger partial charge in [0, 0.05) is 17.5 Å². The largest absolute Gasteiger partial charge is 0.383 e. The molecule has 0 amide bonds. The maximum absolute atomic E-state index is 13.9. The Balaban J connectivity index is 1.80. The lowest BCUT2D eigenvalue weighted by Crippen LogP contribution is -2.25. The number of allylic oxidation sites excluding steroid dienone is 5. The van der Waals surface area contributed by atoms with Crippen molar-refractivity contribution in [2.45, 2.75) is 27.3 Å². The molecular weight excluding hydrogens is 452 g/mol. The van der Waals surface area contributed by atoms with Gasteiger partial charge in [-0.05, 0) is 49.4 Å². The van der Waals surface area contributed by atoms with Crippen LogP contribution in [0.25, 0.3) is 38.8 Å². The van der Waals surface area contributed by atoms with Crippen molar-refractivity contribution in [3.63, 3.8) is 0 Å². The number of rotatable bonds is 6. The van der Waals surface area contributed by atoms with E-state index in [-0.39, 0.29) is 12.1 Å². The van der Waals surface area contributed by atoms with Crippen molar-refractivity contribution in [1.29, 1.82) is 0 Å². The number of aryl methyl sites for hydroxylation is 1. The van der Waals surface area contributed by atoms with Crippen LogP contribution in [0.5, 0.6) is 0 Å². The quantitative estimate of drug-likeness (QED) is 0.348. The van der Waals surface area contributed by atoms with E-state index in [9.17, 15) is 4.79 Å². The summed E-state index contributed by atoms with van der Waals surface area (Å²) in [6.45, 7) is 10.2. The Bertz CT molecular complexity index is 1740. The Hall–Kier alpha value is -4.79. The fourth-order valence-corrected chi connectivity index (χ4v) is 4.44. The fraction of sp³-hybridized carbons (Fsp3) is 0.148. The first-order valence-electron chi connectivity index (χ1n) is 11.5. The lowest BCUT2D eigenvalue weighted by atomic mass is 10.1. The van der Waals surface area contributed by atoms with Crippen molar-refractivity contribution in [1.82, 2.24) is 34.5 Å². The van der Waals surface area contributed by atoms with Crippen LogP contribution in [0, 0.1) is 6.92 Å². The molecule has 180 valence electrons. The molecule has 0 saturated heterocycles. The van der Waals surface area contributed by atoms with E-state index in [2.05, 4.69) is 26.7 Å². The molecule has 5 aromatic rings. The van der Waals surface area contributed by atoms with Gasteiger partial charge in [-0.25, -0.2) is 14.6 Å². The molecule has 0 aliphatic carbocycles. The third kappa shape index (κ3) is 3.80. The molecule has 0 aliphatic rings. The highest BCUT2D eigenvalue weighted by Crippen LogP contribution is 2.30. The van der Waals surface area contributed by atoms with E-state index >= 15 is 0 Å². The van der Waals surface area contributed by atoms with Crippen LogP contribution in [0.2, 0.25) is 0 Å². The van der Waals surface area contributed by atoms with Gasteiger partial charge in [-0.1, -0.05) is 36.9 Å². The molecular formula is C27H26N8O. The maximum Gasteiger partial charge on any atom is 0.263 e. The lowest BCUT2D eigenvalue weighted by Gasteiger charge is -2.18. The zero-order chi connectivity index (χ0) is 25.4. The number of aromatic amines is 1. The lowest BCUT2D eigenvalue weighted by molar-refractivity contribution is 0.675. The number of aromatic nitrogens is 7. The zero-order valence-corrected chi connectivity index (χ0v) is 20.4. The van der Waals surface area contributed by atoms with Gasteiger partial charge >= 0.3 is 0 Å². The van der Waals surface area contributed by atoms with Gasteiger partial charge in [-0.15, -0.1) is 0 Å². The number of fused-ring (bicyclic) bond motifs is 2. The van der Waals surface area contributed by atoms with Crippen LogP contribution in [0.1, 0.15) is 25.1 Å². The van der Waals surface area contributed by atoms with Crippen LogP contribution in [-0.2, 0) is 6.54 Å². The first-order valence-corrected chi connectivity index (χ1v) is 11.5. The Labute approximate surface area is 207 Å². The van der Waals surface area contributed by atoms with Gasteiger partial charge in [0.25, 0.3) is 5.56 Å². The standard InChI is InChI=1S/C27H26N8O/c1-5-6-10-21(16(2)3)35-20(11-18-9-7-8-17(4)22(18)27(35)36)14-34-26-23(25(28)29-15-30-26)24(33-34)19-12-31-32-13-19/h5-13,15H,2,14H2,1,3-4H3,(H,31,32)(H2,28,29,30)/b6-5-,21-10+. The monoisotopic (exact) mass is 478 g/mol. The SMILES string of the molecule is C=C(C)/C(=C\C=C/C)n1c(Cn2nc(-c3cn[nH]c3)c3c(N)ncnc32)cc2cccc(C)c2c1=O. The third-order valence-corrected chi connectivity index (χ3v) is 6.10. The van der Waals surface area contributed by atoms with Gasteiger partial charge in [0.15, 0.2) is 5.65 Å². The molecule has 9 nitrogen and oxygen atoms in total. The van der Waals surface area contributed by atoms with Crippen molar-refractivity contribution < 1.29 is 0 Å². The molecule has 0 unspecified atom stereocenters. The van der Waals surface area contributed by atoms with Crippen LogP contribution in [0.3, 0.4) is 0 Å². The van der Waals surface area contributed by atoms with Gasteiger partial charge in [-0.2, -0.15) is 10.2 Å².